The molecule has 3 aromatic carbocycles. The highest BCUT2D eigenvalue weighted by molar-refractivity contribution is 9.10. The molecule has 0 bridgehead atoms. The summed E-state index contributed by atoms with van der Waals surface area (Å²) >= 11 is 6.80. The van der Waals surface area contributed by atoms with Crippen molar-refractivity contribution in [3.63, 3.8) is 0 Å². The lowest BCUT2D eigenvalue weighted by atomic mass is 10.1. The van der Waals surface area contributed by atoms with Gasteiger partial charge in [-0.15, -0.1) is 0 Å². The van der Waals surface area contributed by atoms with Gasteiger partial charge in [-0.3, -0.25) is 13.9 Å². The van der Waals surface area contributed by atoms with E-state index in [9.17, 15) is 18.0 Å². The van der Waals surface area contributed by atoms with Crippen molar-refractivity contribution in [1.82, 2.24) is 10.2 Å². The van der Waals surface area contributed by atoms with Gasteiger partial charge in [0, 0.05) is 22.0 Å². The summed E-state index contributed by atoms with van der Waals surface area (Å²) in [6.07, 6.45) is 0. The highest BCUT2D eigenvalue weighted by Gasteiger charge is 2.32. The van der Waals surface area contributed by atoms with E-state index in [1.807, 2.05) is 31.2 Å². The van der Waals surface area contributed by atoms with Crippen LogP contribution in [0.1, 0.15) is 25.0 Å². The molecule has 0 aliphatic heterocycles. The van der Waals surface area contributed by atoms with E-state index >= 15 is 0 Å². The maximum atomic E-state index is 13.8. The Morgan fingerprint density at radius 2 is 1.59 bits per heavy atom. The molecule has 0 unspecified atom stereocenters. The van der Waals surface area contributed by atoms with Gasteiger partial charge in [0.25, 0.3) is 10.0 Å². The van der Waals surface area contributed by atoms with Crippen LogP contribution >= 0.6 is 31.9 Å². The minimum Gasteiger partial charge on any atom is -0.355 e. The highest BCUT2D eigenvalue weighted by atomic mass is 79.9. The molecule has 3 aromatic rings. The number of benzene rings is 3. The first-order chi connectivity index (χ1) is 17.5. The molecule has 3 rings (SSSR count). The van der Waals surface area contributed by atoms with Crippen molar-refractivity contribution in [3.8, 4) is 0 Å². The average molecular weight is 651 g/mol. The SMILES string of the molecule is CCNC(=O)[C@H](C)N(Cc1ccc(Br)cc1)C(=O)CN(c1cccc(Br)c1)S(=O)(=O)c1ccc(C)cc1. The molecule has 196 valence electrons. The van der Waals surface area contributed by atoms with Gasteiger partial charge in [0.2, 0.25) is 11.8 Å². The van der Waals surface area contributed by atoms with Crippen LogP contribution < -0.4 is 9.62 Å². The van der Waals surface area contributed by atoms with Crippen LogP contribution in [0.25, 0.3) is 0 Å². The molecule has 7 nitrogen and oxygen atoms in total. The van der Waals surface area contributed by atoms with Crippen LogP contribution in [0.3, 0.4) is 0 Å². The van der Waals surface area contributed by atoms with Crippen molar-refractivity contribution < 1.29 is 18.0 Å². The van der Waals surface area contributed by atoms with Crippen LogP contribution in [0, 0.1) is 6.92 Å². The van der Waals surface area contributed by atoms with E-state index < -0.39 is 28.5 Å². The largest absolute Gasteiger partial charge is 0.355 e. The van der Waals surface area contributed by atoms with Crippen LogP contribution in [-0.2, 0) is 26.2 Å². The molecule has 0 saturated carbocycles. The van der Waals surface area contributed by atoms with E-state index in [2.05, 4.69) is 37.2 Å². The Balaban J connectivity index is 2.02. The third-order valence-electron chi connectivity index (χ3n) is 5.77. The number of likely N-dealkylation sites (N-methyl/N-ethyl adjacent to an activating group) is 1. The lowest BCUT2D eigenvalue weighted by Gasteiger charge is -2.32. The summed E-state index contributed by atoms with van der Waals surface area (Å²) in [6.45, 7) is 5.38. The van der Waals surface area contributed by atoms with E-state index in [-0.39, 0.29) is 17.3 Å². The number of halogens is 2. The summed E-state index contributed by atoms with van der Waals surface area (Å²) < 4.78 is 30.2. The summed E-state index contributed by atoms with van der Waals surface area (Å²) in [7, 11) is -4.09. The second kappa shape index (κ2) is 12.7. The van der Waals surface area contributed by atoms with Crippen molar-refractivity contribution in [3.05, 3.63) is 92.9 Å². The summed E-state index contributed by atoms with van der Waals surface area (Å²) in [5, 5.41) is 2.75. The first kappa shape index (κ1) is 28.9. The minimum atomic E-state index is -4.09. The predicted octanol–water partition coefficient (Wildman–Crippen LogP) is 5.27. The number of carbonyl (C=O) groups is 2. The Bertz CT molecular complexity index is 1350. The van der Waals surface area contributed by atoms with Crippen molar-refractivity contribution in [2.45, 2.75) is 38.3 Å². The highest BCUT2D eigenvalue weighted by Crippen LogP contribution is 2.27. The van der Waals surface area contributed by atoms with Gasteiger partial charge >= 0.3 is 0 Å². The fourth-order valence-corrected chi connectivity index (χ4v) is 5.75. The molecule has 0 aliphatic rings. The van der Waals surface area contributed by atoms with Crippen LogP contribution in [0.5, 0.6) is 0 Å². The smallest absolute Gasteiger partial charge is 0.264 e. The van der Waals surface area contributed by atoms with Gasteiger partial charge in [-0.25, -0.2) is 8.42 Å². The van der Waals surface area contributed by atoms with Crippen LogP contribution in [0.2, 0.25) is 0 Å². The Morgan fingerprint density at radius 1 is 0.946 bits per heavy atom. The fourth-order valence-electron chi connectivity index (χ4n) is 3.69. The van der Waals surface area contributed by atoms with Gasteiger partial charge in [0.1, 0.15) is 12.6 Å². The second-order valence-electron chi connectivity index (χ2n) is 8.52. The number of amides is 2. The maximum absolute atomic E-state index is 13.8. The van der Waals surface area contributed by atoms with Crippen molar-refractivity contribution >= 4 is 59.4 Å². The number of hydrogen-bond donors (Lipinski definition) is 1. The fraction of sp³-hybridized carbons (Fsp3) is 0.259. The van der Waals surface area contributed by atoms with Gasteiger partial charge < -0.3 is 10.2 Å². The number of nitrogens with zero attached hydrogens (tertiary/aromatic N) is 2. The summed E-state index contributed by atoms with van der Waals surface area (Å²) in [5.41, 5.74) is 2.06. The van der Waals surface area contributed by atoms with E-state index in [0.29, 0.717) is 16.7 Å². The molecular weight excluding hydrogens is 622 g/mol. The number of hydrogen-bond acceptors (Lipinski definition) is 4. The zero-order valence-corrected chi connectivity index (χ0v) is 24.8. The maximum Gasteiger partial charge on any atom is 0.264 e. The molecule has 37 heavy (non-hydrogen) atoms. The van der Waals surface area contributed by atoms with Gasteiger partial charge in [0.15, 0.2) is 0 Å². The van der Waals surface area contributed by atoms with Gasteiger partial charge in [-0.1, -0.05) is 67.8 Å². The number of anilines is 1. The number of sulfonamides is 1. The van der Waals surface area contributed by atoms with Gasteiger partial charge in [-0.2, -0.15) is 0 Å². The molecular formula is C27H29Br2N3O4S. The predicted molar refractivity (Wildman–Crippen MR) is 153 cm³/mol. The van der Waals surface area contributed by atoms with Gasteiger partial charge in [0.05, 0.1) is 10.6 Å². The Labute approximate surface area is 235 Å². The minimum absolute atomic E-state index is 0.0714. The number of aryl methyl sites for hydroxylation is 1. The van der Waals surface area contributed by atoms with E-state index in [1.54, 1.807) is 50.2 Å². The standard InChI is InChI=1S/C27H29Br2N3O4S/c1-4-30-27(34)20(3)31(17-21-10-12-22(28)13-11-21)26(33)18-32(24-7-5-6-23(29)16-24)37(35,36)25-14-8-19(2)9-15-25/h5-16,20H,4,17-18H2,1-3H3,(H,30,34)/t20-/m0/s1. The quantitative estimate of drug-likeness (QED) is 0.324. The second-order valence-corrected chi connectivity index (χ2v) is 12.2. The lowest BCUT2D eigenvalue weighted by molar-refractivity contribution is -0.139. The van der Waals surface area contributed by atoms with Crippen LogP contribution in [0.4, 0.5) is 5.69 Å². The summed E-state index contributed by atoms with van der Waals surface area (Å²) in [4.78, 5) is 28.0. The lowest BCUT2D eigenvalue weighted by Crippen LogP contribution is -2.51. The monoisotopic (exact) mass is 649 g/mol. The molecule has 2 amide bonds. The molecule has 0 saturated heterocycles. The van der Waals surface area contributed by atoms with Crippen molar-refractivity contribution in [1.29, 1.82) is 0 Å². The first-order valence-corrected chi connectivity index (χ1v) is 14.7. The molecule has 0 heterocycles. The summed E-state index contributed by atoms with van der Waals surface area (Å²) in [6, 6.07) is 19.8. The van der Waals surface area contributed by atoms with E-state index in [4.69, 9.17) is 0 Å². The molecule has 0 aliphatic carbocycles. The van der Waals surface area contributed by atoms with E-state index in [1.165, 1.54) is 17.0 Å². The Kier molecular flexibility index (Phi) is 9.92. The van der Waals surface area contributed by atoms with Crippen molar-refractivity contribution in [2.75, 3.05) is 17.4 Å². The molecule has 0 aromatic heterocycles. The Hall–Kier alpha value is -2.69. The summed E-state index contributed by atoms with van der Waals surface area (Å²) in [5.74, 6) is -0.819. The third kappa shape index (κ3) is 7.43. The average Bonchev–Trinajstić information content (AvgIpc) is 2.86. The third-order valence-corrected chi connectivity index (χ3v) is 8.58. The molecule has 1 atom stereocenters. The topological polar surface area (TPSA) is 86.8 Å². The molecule has 10 heteroatoms. The number of rotatable bonds is 10. The molecule has 0 radical (unpaired) electrons. The molecule has 1 N–H and O–H groups in total. The Morgan fingerprint density at radius 3 is 2.19 bits per heavy atom. The normalized spacial score (nSPS) is 12.0. The first-order valence-electron chi connectivity index (χ1n) is 11.7. The number of nitrogens with one attached hydrogen (secondary N) is 1. The van der Waals surface area contributed by atoms with Crippen molar-refractivity contribution in [2.24, 2.45) is 0 Å². The number of carbonyl (C=O) groups excluding carboxylic acids is 2. The molecule has 0 fully saturated rings. The van der Waals surface area contributed by atoms with E-state index in [0.717, 1.165) is 19.9 Å². The van der Waals surface area contributed by atoms with Crippen LogP contribution in [0.15, 0.2) is 86.6 Å². The zero-order chi connectivity index (χ0) is 27.2. The molecule has 0 spiro atoms. The van der Waals surface area contributed by atoms with Crippen LogP contribution in [-0.4, -0.2) is 44.3 Å². The zero-order valence-electron chi connectivity index (χ0n) is 20.8. The van der Waals surface area contributed by atoms with Gasteiger partial charge in [-0.05, 0) is 68.8 Å².